The molecule has 0 atom stereocenters. The topological polar surface area (TPSA) is 164 Å². The van der Waals surface area contributed by atoms with Crippen LogP contribution in [0.2, 0.25) is 0 Å². The molecule has 0 unspecified atom stereocenters. The maximum absolute atomic E-state index is 12.3. The van der Waals surface area contributed by atoms with Gasteiger partial charge in [0.05, 0.1) is 28.4 Å². The van der Waals surface area contributed by atoms with Gasteiger partial charge in [0.25, 0.3) is 0 Å². The Bertz CT molecular complexity index is 1030. The van der Waals surface area contributed by atoms with Gasteiger partial charge in [-0.25, -0.2) is 9.59 Å². The van der Waals surface area contributed by atoms with Crippen LogP contribution in [0.3, 0.4) is 0 Å². The summed E-state index contributed by atoms with van der Waals surface area (Å²) in [6.45, 7) is 14.4. The number of esters is 4. The van der Waals surface area contributed by atoms with Crippen LogP contribution in [-0.2, 0) is 47.6 Å². The van der Waals surface area contributed by atoms with Crippen molar-refractivity contribution in [3.8, 4) is 0 Å². The summed E-state index contributed by atoms with van der Waals surface area (Å²) in [6.07, 6.45) is 1.61. The smallest absolute Gasteiger partial charge is 0.410 e. The highest BCUT2D eigenvalue weighted by molar-refractivity contribution is 6.00. The Morgan fingerprint density at radius 2 is 0.957 bits per heavy atom. The van der Waals surface area contributed by atoms with Crippen molar-refractivity contribution in [2.45, 2.75) is 91.8 Å². The van der Waals surface area contributed by atoms with E-state index in [1.807, 2.05) is 41.5 Å². The summed E-state index contributed by atoms with van der Waals surface area (Å²) in [5.74, 6) is -3.71. The van der Waals surface area contributed by atoms with Crippen LogP contribution in [0.25, 0.3) is 0 Å². The molecule has 0 aromatic carbocycles. The highest BCUT2D eigenvalue weighted by Gasteiger charge is 2.53. The average molecular weight is 659 g/mol. The SMILES string of the molecule is CCC(C(=O)OC)(C(=O)OC)C1CCN(C(=O)OC(C)(C)C)CC1.COC(=O)C(C(=O)OC)C1CCN(C(=O)OC(C)(C)C)CC1. The Hall–Kier alpha value is -3.58. The number of methoxy groups -OCH3 is 4. The fourth-order valence-corrected chi connectivity index (χ4v) is 5.72. The van der Waals surface area contributed by atoms with E-state index in [-0.39, 0.29) is 24.0 Å². The zero-order valence-corrected chi connectivity index (χ0v) is 29.4. The second-order valence-electron chi connectivity index (χ2n) is 13.4. The monoisotopic (exact) mass is 658 g/mol. The molecule has 0 N–H and O–H groups in total. The van der Waals surface area contributed by atoms with Crippen LogP contribution in [0.4, 0.5) is 9.59 Å². The lowest BCUT2D eigenvalue weighted by Crippen LogP contribution is -2.51. The van der Waals surface area contributed by atoms with Gasteiger partial charge < -0.3 is 38.2 Å². The summed E-state index contributed by atoms with van der Waals surface area (Å²) in [4.78, 5) is 75.6. The summed E-state index contributed by atoms with van der Waals surface area (Å²) < 4.78 is 29.8. The Kier molecular flexibility index (Phi) is 15.3. The number of carbonyl (C=O) groups is 6. The Morgan fingerprint density at radius 1 is 0.609 bits per heavy atom. The van der Waals surface area contributed by atoms with Gasteiger partial charge in [-0.2, -0.15) is 0 Å². The molecule has 2 amide bonds. The number of hydrogen-bond acceptors (Lipinski definition) is 12. The largest absolute Gasteiger partial charge is 0.468 e. The lowest BCUT2D eigenvalue weighted by Gasteiger charge is -2.40. The van der Waals surface area contributed by atoms with E-state index in [2.05, 4.69) is 9.47 Å². The molecule has 2 heterocycles. The number of hydrogen-bond donors (Lipinski definition) is 0. The molecule has 0 spiro atoms. The number of piperidine rings is 2. The first kappa shape index (κ1) is 40.4. The Balaban J connectivity index is 0.000000462. The second-order valence-corrected chi connectivity index (χ2v) is 13.4. The van der Waals surface area contributed by atoms with Gasteiger partial charge in [-0.1, -0.05) is 6.92 Å². The summed E-state index contributed by atoms with van der Waals surface area (Å²) in [5, 5.41) is 0. The molecule has 2 aliphatic rings. The van der Waals surface area contributed by atoms with Crippen LogP contribution in [-0.4, -0.2) is 112 Å². The molecule has 2 aliphatic heterocycles. The minimum atomic E-state index is -1.32. The van der Waals surface area contributed by atoms with Crippen LogP contribution in [0.1, 0.15) is 80.6 Å². The highest BCUT2D eigenvalue weighted by atomic mass is 16.6. The zero-order valence-electron chi connectivity index (χ0n) is 29.4. The van der Waals surface area contributed by atoms with Crippen molar-refractivity contribution >= 4 is 36.1 Å². The number of nitrogens with zero attached hydrogens (tertiary/aromatic N) is 2. The van der Waals surface area contributed by atoms with Crippen molar-refractivity contribution in [2.24, 2.45) is 23.2 Å². The van der Waals surface area contributed by atoms with Crippen molar-refractivity contribution in [2.75, 3.05) is 54.6 Å². The minimum Gasteiger partial charge on any atom is -0.468 e. The lowest BCUT2D eigenvalue weighted by atomic mass is 9.69. The molecule has 14 nitrogen and oxygen atoms in total. The van der Waals surface area contributed by atoms with E-state index in [0.29, 0.717) is 58.3 Å². The zero-order chi connectivity index (χ0) is 35.5. The Labute approximate surface area is 272 Å². The van der Waals surface area contributed by atoms with Crippen LogP contribution in [0.15, 0.2) is 0 Å². The fourth-order valence-electron chi connectivity index (χ4n) is 5.72. The van der Waals surface area contributed by atoms with E-state index >= 15 is 0 Å². The first-order valence-electron chi connectivity index (χ1n) is 15.6. The normalized spacial score (nSPS) is 16.4. The number of amides is 2. The van der Waals surface area contributed by atoms with E-state index in [4.69, 9.17) is 18.9 Å². The molecule has 264 valence electrons. The fraction of sp³-hybridized carbons (Fsp3) is 0.812. The van der Waals surface area contributed by atoms with Crippen molar-refractivity contribution in [1.29, 1.82) is 0 Å². The summed E-state index contributed by atoms with van der Waals surface area (Å²) in [5.41, 5.74) is -2.42. The molecule has 46 heavy (non-hydrogen) atoms. The number of carbonyl (C=O) groups excluding carboxylic acids is 6. The Morgan fingerprint density at radius 3 is 1.24 bits per heavy atom. The molecular formula is C32H54N2O12. The van der Waals surface area contributed by atoms with Crippen LogP contribution >= 0.6 is 0 Å². The van der Waals surface area contributed by atoms with Gasteiger partial charge >= 0.3 is 36.1 Å². The maximum atomic E-state index is 12.3. The lowest BCUT2D eigenvalue weighted by molar-refractivity contribution is -0.176. The van der Waals surface area contributed by atoms with Gasteiger partial charge in [-0.05, 0) is 85.5 Å². The van der Waals surface area contributed by atoms with E-state index in [1.165, 1.54) is 28.4 Å². The molecule has 2 saturated heterocycles. The summed E-state index contributed by atoms with van der Waals surface area (Å²) in [6, 6.07) is 0. The van der Waals surface area contributed by atoms with Gasteiger partial charge in [-0.15, -0.1) is 0 Å². The maximum Gasteiger partial charge on any atom is 0.410 e. The third-order valence-corrected chi connectivity index (χ3v) is 8.07. The number of ether oxygens (including phenoxy) is 6. The van der Waals surface area contributed by atoms with Gasteiger partial charge in [0, 0.05) is 26.2 Å². The molecule has 2 fully saturated rings. The molecule has 2 rings (SSSR count). The molecule has 0 bridgehead atoms. The van der Waals surface area contributed by atoms with Crippen LogP contribution in [0, 0.1) is 23.2 Å². The molecular weight excluding hydrogens is 604 g/mol. The molecule has 14 heteroatoms. The summed E-state index contributed by atoms with van der Waals surface area (Å²) >= 11 is 0. The predicted molar refractivity (Wildman–Crippen MR) is 165 cm³/mol. The molecule has 0 aromatic heterocycles. The van der Waals surface area contributed by atoms with E-state index < -0.39 is 46.4 Å². The number of rotatable bonds is 7. The van der Waals surface area contributed by atoms with Gasteiger partial charge in [0.15, 0.2) is 11.3 Å². The van der Waals surface area contributed by atoms with Crippen LogP contribution in [0.5, 0.6) is 0 Å². The third kappa shape index (κ3) is 11.0. The van der Waals surface area contributed by atoms with Crippen molar-refractivity contribution < 1.29 is 57.2 Å². The first-order valence-corrected chi connectivity index (χ1v) is 15.6. The third-order valence-electron chi connectivity index (χ3n) is 8.07. The van der Waals surface area contributed by atoms with Crippen molar-refractivity contribution in [3.05, 3.63) is 0 Å². The van der Waals surface area contributed by atoms with Gasteiger partial charge in [0.2, 0.25) is 0 Å². The average Bonchev–Trinajstić information content (AvgIpc) is 3.00. The molecule has 0 saturated carbocycles. The molecule has 0 aromatic rings. The summed E-state index contributed by atoms with van der Waals surface area (Å²) in [7, 11) is 5.03. The second kappa shape index (κ2) is 17.4. The van der Waals surface area contributed by atoms with Gasteiger partial charge in [-0.3, -0.25) is 19.2 Å². The van der Waals surface area contributed by atoms with Crippen LogP contribution < -0.4 is 0 Å². The van der Waals surface area contributed by atoms with E-state index in [1.54, 1.807) is 16.7 Å². The van der Waals surface area contributed by atoms with E-state index in [0.717, 1.165) is 0 Å². The minimum absolute atomic E-state index is 0.196. The molecule has 0 radical (unpaired) electrons. The predicted octanol–water partition coefficient (Wildman–Crippen LogP) is 3.97. The number of likely N-dealkylation sites (tertiary alicyclic amines) is 2. The molecule has 0 aliphatic carbocycles. The van der Waals surface area contributed by atoms with Crippen molar-refractivity contribution in [3.63, 3.8) is 0 Å². The standard InChI is InChI=1S/C17H29NO6.C15H25NO6/c1-7-17(13(19)22-5,14(20)23-6)12-8-10-18(11-9-12)15(21)24-16(2,3)4;1-15(2,3)22-14(19)16-8-6-10(7-9-16)11(12(17)20-4)13(18)21-5/h12H,7-11H2,1-6H3;10-11H,6-9H2,1-5H3. The quantitative estimate of drug-likeness (QED) is 0.220. The van der Waals surface area contributed by atoms with Crippen molar-refractivity contribution in [1.82, 2.24) is 9.80 Å². The first-order chi connectivity index (χ1) is 21.3. The van der Waals surface area contributed by atoms with Gasteiger partial charge in [0.1, 0.15) is 11.2 Å². The van der Waals surface area contributed by atoms with E-state index in [9.17, 15) is 28.8 Å². The highest BCUT2D eigenvalue weighted by Crippen LogP contribution is 2.41.